The zero-order valence-electron chi connectivity index (χ0n) is 17.7. The maximum absolute atomic E-state index is 12.6. The van der Waals surface area contributed by atoms with Crippen molar-refractivity contribution >= 4 is 43.9 Å². The summed E-state index contributed by atoms with van der Waals surface area (Å²) < 4.78 is 36.5. The molecular formula is C22H18BrN3O7S. The number of nitrogens with one attached hydrogen (secondary N) is 1. The molecule has 176 valence electrons. The van der Waals surface area contributed by atoms with Crippen molar-refractivity contribution in [2.45, 2.75) is 11.8 Å². The largest absolute Gasteiger partial charge is 0.490 e. The number of nitro groups is 1. The summed E-state index contributed by atoms with van der Waals surface area (Å²) in [6.07, 6.45) is 1.37. The molecule has 0 aromatic heterocycles. The van der Waals surface area contributed by atoms with Crippen LogP contribution in [0.1, 0.15) is 22.8 Å². The van der Waals surface area contributed by atoms with Crippen molar-refractivity contribution in [3.63, 3.8) is 0 Å². The van der Waals surface area contributed by atoms with E-state index in [1.54, 1.807) is 31.2 Å². The number of halogens is 1. The van der Waals surface area contributed by atoms with E-state index in [1.165, 1.54) is 24.4 Å². The third-order valence-electron chi connectivity index (χ3n) is 4.30. The molecule has 0 saturated heterocycles. The predicted molar refractivity (Wildman–Crippen MR) is 128 cm³/mol. The molecule has 0 unspecified atom stereocenters. The number of rotatable bonds is 9. The lowest BCUT2D eigenvalue weighted by atomic mass is 10.2. The Morgan fingerprint density at radius 3 is 2.47 bits per heavy atom. The number of hydrazone groups is 1. The molecule has 12 heteroatoms. The zero-order chi connectivity index (χ0) is 24.7. The van der Waals surface area contributed by atoms with Gasteiger partial charge in [-0.1, -0.05) is 12.1 Å². The van der Waals surface area contributed by atoms with Gasteiger partial charge in [0.1, 0.15) is 4.90 Å². The molecule has 0 radical (unpaired) electrons. The molecule has 0 atom stereocenters. The van der Waals surface area contributed by atoms with Crippen LogP contribution in [0.2, 0.25) is 0 Å². The van der Waals surface area contributed by atoms with Gasteiger partial charge in [0, 0.05) is 16.6 Å². The van der Waals surface area contributed by atoms with Crippen molar-refractivity contribution in [2.75, 3.05) is 6.61 Å². The first kappa shape index (κ1) is 24.9. The van der Waals surface area contributed by atoms with Gasteiger partial charge >= 0.3 is 10.1 Å². The first-order valence-corrected chi connectivity index (χ1v) is 11.9. The Bertz CT molecular complexity index is 1340. The lowest BCUT2D eigenvalue weighted by molar-refractivity contribution is -0.384. The van der Waals surface area contributed by atoms with Crippen LogP contribution in [-0.4, -0.2) is 32.1 Å². The number of nitrogens with zero attached hydrogens (tertiary/aromatic N) is 2. The Kier molecular flexibility index (Phi) is 7.97. The van der Waals surface area contributed by atoms with Crippen LogP contribution in [-0.2, 0) is 10.1 Å². The summed E-state index contributed by atoms with van der Waals surface area (Å²) in [6, 6.07) is 15.6. The summed E-state index contributed by atoms with van der Waals surface area (Å²) in [4.78, 5) is 22.1. The average molecular weight is 548 g/mol. The number of hydrogen-bond donors (Lipinski definition) is 1. The Labute approximate surface area is 203 Å². The normalized spacial score (nSPS) is 11.2. The quantitative estimate of drug-likeness (QED) is 0.182. The van der Waals surface area contributed by atoms with E-state index in [0.29, 0.717) is 15.6 Å². The summed E-state index contributed by atoms with van der Waals surface area (Å²) in [5.74, 6) is -0.355. The number of carbonyl (C=O) groups excluding carboxylic acids is 1. The molecule has 0 heterocycles. The number of non-ortho nitro benzene ring substituents is 1. The van der Waals surface area contributed by atoms with Gasteiger partial charge in [-0.2, -0.15) is 13.5 Å². The smallest absolute Gasteiger partial charge is 0.339 e. The number of nitro benzene ring substituents is 1. The number of hydrogen-bond acceptors (Lipinski definition) is 8. The fraction of sp³-hybridized carbons (Fsp3) is 0.0909. The third kappa shape index (κ3) is 6.17. The molecule has 34 heavy (non-hydrogen) atoms. The van der Waals surface area contributed by atoms with Crippen molar-refractivity contribution < 1.29 is 27.1 Å². The molecule has 0 bridgehead atoms. The van der Waals surface area contributed by atoms with Crippen molar-refractivity contribution in [3.8, 4) is 11.5 Å². The molecule has 0 aliphatic heterocycles. The molecule has 10 nitrogen and oxygen atoms in total. The van der Waals surface area contributed by atoms with Gasteiger partial charge < -0.3 is 8.92 Å². The monoisotopic (exact) mass is 547 g/mol. The maximum Gasteiger partial charge on any atom is 0.339 e. The molecule has 1 N–H and O–H groups in total. The molecule has 0 spiro atoms. The first-order chi connectivity index (χ1) is 16.2. The zero-order valence-corrected chi connectivity index (χ0v) is 20.1. The van der Waals surface area contributed by atoms with Crippen molar-refractivity contribution in [1.82, 2.24) is 5.43 Å². The van der Waals surface area contributed by atoms with Crippen LogP contribution in [0.15, 0.2) is 81.2 Å². The van der Waals surface area contributed by atoms with Gasteiger partial charge in [-0.25, -0.2) is 5.43 Å². The highest BCUT2D eigenvalue weighted by molar-refractivity contribution is 9.10. The van der Waals surface area contributed by atoms with Gasteiger partial charge in [0.05, 0.1) is 23.3 Å². The molecule has 3 aromatic rings. The van der Waals surface area contributed by atoms with Gasteiger partial charge in [0.25, 0.3) is 11.6 Å². The lowest BCUT2D eigenvalue weighted by Gasteiger charge is -2.12. The highest BCUT2D eigenvalue weighted by Crippen LogP contribution is 2.31. The topological polar surface area (TPSA) is 137 Å². The van der Waals surface area contributed by atoms with E-state index in [9.17, 15) is 23.3 Å². The van der Waals surface area contributed by atoms with Gasteiger partial charge in [-0.3, -0.25) is 14.9 Å². The Hall–Kier alpha value is -3.77. The lowest BCUT2D eigenvalue weighted by Crippen LogP contribution is -2.18. The molecule has 3 aromatic carbocycles. The van der Waals surface area contributed by atoms with Crippen LogP contribution in [0.5, 0.6) is 11.5 Å². The van der Waals surface area contributed by atoms with Gasteiger partial charge in [0.15, 0.2) is 11.5 Å². The SMILES string of the molecule is CCOc1cc(C=NNC(=O)c2ccccc2Br)ccc1OS(=O)(=O)c1ccc([N+](=O)[O-])cc1. The highest BCUT2D eigenvalue weighted by atomic mass is 79.9. The average Bonchev–Trinajstić information content (AvgIpc) is 2.81. The first-order valence-electron chi connectivity index (χ1n) is 9.75. The Balaban J connectivity index is 1.77. The summed E-state index contributed by atoms with van der Waals surface area (Å²) >= 11 is 3.30. The van der Waals surface area contributed by atoms with Crippen molar-refractivity contribution in [3.05, 3.63) is 92.4 Å². The van der Waals surface area contributed by atoms with E-state index >= 15 is 0 Å². The van der Waals surface area contributed by atoms with E-state index in [0.717, 1.165) is 24.3 Å². The van der Waals surface area contributed by atoms with Crippen LogP contribution in [0.3, 0.4) is 0 Å². The minimum absolute atomic E-state index is 0.0744. The number of carbonyl (C=O) groups is 1. The van der Waals surface area contributed by atoms with Crippen LogP contribution < -0.4 is 14.3 Å². The molecular weight excluding hydrogens is 530 g/mol. The standard InChI is InChI=1S/C22H18BrN3O7S/c1-2-32-21-13-15(14-24-25-22(27)18-5-3-4-6-19(18)23)7-12-20(21)33-34(30,31)17-10-8-16(9-11-17)26(28)29/h3-14H,2H2,1H3,(H,25,27). The number of amides is 1. The number of ether oxygens (including phenoxy) is 1. The molecule has 1 amide bonds. The molecule has 0 fully saturated rings. The van der Waals surface area contributed by atoms with Crippen molar-refractivity contribution in [2.24, 2.45) is 5.10 Å². The fourth-order valence-corrected chi connectivity index (χ4v) is 4.12. The molecule has 3 rings (SSSR count). The summed E-state index contributed by atoms with van der Waals surface area (Å²) in [5, 5.41) is 14.7. The van der Waals surface area contributed by atoms with E-state index in [1.807, 2.05) is 0 Å². The predicted octanol–water partition coefficient (Wildman–Crippen LogP) is 4.29. The van der Waals surface area contributed by atoms with Crippen molar-refractivity contribution in [1.29, 1.82) is 0 Å². The second kappa shape index (κ2) is 10.9. The summed E-state index contributed by atoms with van der Waals surface area (Å²) in [7, 11) is -4.27. The van der Waals surface area contributed by atoms with Crippen LogP contribution in [0.25, 0.3) is 0 Å². The summed E-state index contributed by atoms with van der Waals surface area (Å²) in [5.41, 5.74) is 3.09. The van der Waals surface area contributed by atoms with Gasteiger partial charge in [-0.15, -0.1) is 0 Å². The van der Waals surface area contributed by atoms with E-state index in [-0.39, 0.29) is 28.7 Å². The van der Waals surface area contributed by atoms with Crippen LogP contribution in [0, 0.1) is 10.1 Å². The van der Waals surface area contributed by atoms with E-state index in [4.69, 9.17) is 8.92 Å². The summed E-state index contributed by atoms with van der Waals surface area (Å²) in [6.45, 7) is 1.95. The second-order valence-corrected chi connectivity index (χ2v) is 9.01. The minimum atomic E-state index is -4.27. The van der Waals surface area contributed by atoms with Crippen LogP contribution in [0.4, 0.5) is 5.69 Å². The maximum atomic E-state index is 12.6. The minimum Gasteiger partial charge on any atom is -0.490 e. The molecule has 0 saturated carbocycles. The van der Waals surface area contributed by atoms with Gasteiger partial charge in [-0.05, 0) is 70.9 Å². The Morgan fingerprint density at radius 2 is 1.82 bits per heavy atom. The molecule has 0 aliphatic carbocycles. The second-order valence-electron chi connectivity index (χ2n) is 6.61. The highest BCUT2D eigenvalue weighted by Gasteiger charge is 2.20. The van der Waals surface area contributed by atoms with Crippen LogP contribution >= 0.6 is 15.9 Å². The molecule has 0 aliphatic rings. The third-order valence-corrected chi connectivity index (χ3v) is 6.24. The Morgan fingerprint density at radius 1 is 1.12 bits per heavy atom. The fourth-order valence-electron chi connectivity index (χ4n) is 2.71. The van der Waals surface area contributed by atoms with E-state index in [2.05, 4.69) is 26.5 Å². The van der Waals surface area contributed by atoms with E-state index < -0.39 is 20.9 Å². The van der Waals surface area contributed by atoms with Gasteiger partial charge in [0.2, 0.25) is 0 Å². The number of benzene rings is 3.